The molecule has 0 aliphatic carbocycles. The average molecular weight is 361 g/mol. The maximum Gasteiger partial charge on any atom is 0.227 e. The van der Waals surface area contributed by atoms with Crippen LogP contribution >= 0.6 is 0 Å². The van der Waals surface area contributed by atoms with Crippen LogP contribution in [-0.2, 0) is 19.4 Å². The number of likely N-dealkylation sites (tertiary alicyclic amines) is 1. The number of hydrogen-bond acceptors (Lipinski definition) is 4. The number of piperidine rings is 1. The van der Waals surface area contributed by atoms with Gasteiger partial charge in [0.1, 0.15) is 0 Å². The maximum atomic E-state index is 12.7. The molecule has 6 nitrogen and oxygen atoms in total. The minimum atomic E-state index is -3.13. The van der Waals surface area contributed by atoms with E-state index in [1.54, 1.807) is 25.8 Å². The minimum Gasteiger partial charge on any atom is -0.342 e. The van der Waals surface area contributed by atoms with Crippen molar-refractivity contribution >= 4 is 21.7 Å². The highest BCUT2D eigenvalue weighted by atomic mass is 32.2. The molecule has 24 heavy (non-hydrogen) atoms. The Bertz CT molecular complexity index is 566. The third-order valence-electron chi connectivity index (χ3n) is 4.64. The summed E-state index contributed by atoms with van der Waals surface area (Å²) in [5.74, 6) is -0.203. The molecule has 0 aromatic rings. The van der Waals surface area contributed by atoms with Gasteiger partial charge in [-0.15, -0.1) is 0 Å². The van der Waals surface area contributed by atoms with Gasteiger partial charge in [-0.2, -0.15) is 0 Å². The largest absolute Gasteiger partial charge is 0.342 e. The number of carbonyl (C=O) groups is 2. The number of amides is 2. The van der Waals surface area contributed by atoms with Crippen LogP contribution in [0.2, 0.25) is 0 Å². The quantitative estimate of drug-likeness (QED) is 0.745. The normalized spacial score (nSPS) is 20.6. The molecule has 1 heterocycles. The Morgan fingerprint density at radius 3 is 2.38 bits per heavy atom. The summed E-state index contributed by atoms with van der Waals surface area (Å²) in [6.07, 6.45) is 1.54. The summed E-state index contributed by atoms with van der Waals surface area (Å²) < 4.78 is 23.5. The highest BCUT2D eigenvalue weighted by Gasteiger charge is 2.35. The average Bonchev–Trinajstić information content (AvgIpc) is 2.51. The van der Waals surface area contributed by atoms with Gasteiger partial charge in [-0.3, -0.25) is 9.59 Å². The molecule has 0 saturated carbocycles. The molecular weight excluding hydrogens is 328 g/mol. The number of nitrogens with zero attached hydrogens (tertiary/aromatic N) is 2. The lowest BCUT2D eigenvalue weighted by atomic mass is 9.90. The number of sulfone groups is 1. The Morgan fingerprint density at radius 1 is 1.29 bits per heavy atom. The van der Waals surface area contributed by atoms with Crippen LogP contribution in [0.4, 0.5) is 0 Å². The highest BCUT2D eigenvalue weighted by Crippen LogP contribution is 2.25. The minimum absolute atomic E-state index is 0.0247. The SMILES string of the molecule is CCS(=O)(=O)CC(C)N(C)C(=O)C1CCCN(C(=O)C(C)(C)C)C1. The van der Waals surface area contributed by atoms with Gasteiger partial charge in [-0.25, -0.2) is 8.42 Å². The topological polar surface area (TPSA) is 74.8 Å². The van der Waals surface area contributed by atoms with Gasteiger partial charge in [0, 0.05) is 37.3 Å². The van der Waals surface area contributed by atoms with E-state index in [-0.39, 0.29) is 35.3 Å². The van der Waals surface area contributed by atoms with Gasteiger partial charge in [0.2, 0.25) is 11.8 Å². The van der Waals surface area contributed by atoms with Crippen molar-refractivity contribution in [3.05, 3.63) is 0 Å². The molecule has 0 radical (unpaired) electrons. The summed E-state index contributed by atoms with van der Waals surface area (Å²) in [4.78, 5) is 28.5. The van der Waals surface area contributed by atoms with Crippen LogP contribution < -0.4 is 0 Å². The Balaban J connectivity index is 2.74. The highest BCUT2D eigenvalue weighted by molar-refractivity contribution is 7.91. The lowest BCUT2D eigenvalue weighted by Crippen LogP contribution is -2.50. The van der Waals surface area contributed by atoms with E-state index < -0.39 is 15.3 Å². The summed E-state index contributed by atoms with van der Waals surface area (Å²) in [7, 11) is -1.47. The van der Waals surface area contributed by atoms with E-state index in [9.17, 15) is 18.0 Å². The molecule has 0 bridgehead atoms. The van der Waals surface area contributed by atoms with Crippen molar-refractivity contribution in [3.8, 4) is 0 Å². The first kappa shape index (κ1) is 20.9. The molecule has 0 spiro atoms. The van der Waals surface area contributed by atoms with Crippen molar-refractivity contribution < 1.29 is 18.0 Å². The van der Waals surface area contributed by atoms with Crippen molar-refractivity contribution in [3.63, 3.8) is 0 Å². The van der Waals surface area contributed by atoms with E-state index in [0.29, 0.717) is 13.1 Å². The number of rotatable bonds is 5. The van der Waals surface area contributed by atoms with Crippen molar-refractivity contribution in [1.29, 1.82) is 0 Å². The lowest BCUT2D eigenvalue weighted by Gasteiger charge is -2.38. The van der Waals surface area contributed by atoms with Crippen molar-refractivity contribution in [1.82, 2.24) is 9.80 Å². The van der Waals surface area contributed by atoms with Gasteiger partial charge in [-0.05, 0) is 19.8 Å². The lowest BCUT2D eigenvalue weighted by molar-refractivity contribution is -0.145. The van der Waals surface area contributed by atoms with Crippen LogP contribution in [0.3, 0.4) is 0 Å². The number of hydrogen-bond donors (Lipinski definition) is 0. The summed E-state index contributed by atoms with van der Waals surface area (Å²) in [5.41, 5.74) is -0.459. The molecule has 0 N–H and O–H groups in total. The van der Waals surface area contributed by atoms with Gasteiger partial charge in [-0.1, -0.05) is 27.7 Å². The zero-order valence-electron chi connectivity index (χ0n) is 15.8. The zero-order valence-corrected chi connectivity index (χ0v) is 16.6. The van der Waals surface area contributed by atoms with Crippen molar-refractivity contribution in [2.75, 3.05) is 31.6 Å². The van der Waals surface area contributed by atoms with E-state index in [1.165, 1.54) is 4.90 Å². The summed E-state index contributed by atoms with van der Waals surface area (Å²) in [6.45, 7) is 10.1. The van der Waals surface area contributed by atoms with E-state index in [1.807, 2.05) is 20.8 Å². The molecular formula is C17H32N2O4S. The fourth-order valence-corrected chi connectivity index (χ4v) is 4.13. The fourth-order valence-electron chi connectivity index (χ4n) is 2.94. The summed E-state index contributed by atoms with van der Waals surface area (Å²) >= 11 is 0. The molecule has 1 rings (SSSR count). The van der Waals surface area contributed by atoms with Crippen LogP contribution in [0.1, 0.15) is 47.5 Å². The molecule has 1 fully saturated rings. The first-order valence-electron chi connectivity index (χ1n) is 8.65. The van der Waals surface area contributed by atoms with E-state index >= 15 is 0 Å². The van der Waals surface area contributed by atoms with Gasteiger partial charge in [0.05, 0.1) is 11.7 Å². The molecule has 1 aliphatic rings. The van der Waals surface area contributed by atoms with Gasteiger partial charge >= 0.3 is 0 Å². The third kappa shape index (κ3) is 5.46. The van der Waals surface area contributed by atoms with Crippen molar-refractivity contribution in [2.45, 2.75) is 53.5 Å². The Kier molecular flexibility index (Phi) is 6.84. The molecule has 0 aromatic carbocycles. The van der Waals surface area contributed by atoms with Gasteiger partial charge < -0.3 is 9.80 Å². The van der Waals surface area contributed by atoms with Crippen LogP contribution in [0.5, 0.6) is 0 Å². The van der Waals surface area contributed by atoms with E-state index in [0.717, 1.165) is 12.8 Å². The van der Waals surface area contributed by atoms with Crippen LogP contribution in [0.25, 0.3) is 0 Å². The van der Waals surface area contributed by atoms with Crippen LogP contribution in [0.15, 0.2) is 0 Å². The Labute approximate surface area is 146 Å². The summed E-state index contributed by atoms with van der Waals surface area (Å²) in [6, 6.07) is -0.365. The molecule has 1 aliphatic heterocycles. The van der Waals surface area contributed by atoms with Crippen LogP contribution in [0, 0.1) is 11.3 Å². The second kappa shape index (κ2) is 7.85. The standard InChI is InChI=1S/C17H32N2O4S/c1-7-24(22,23)12-13(2)18(6)15(20)14-9-8-10-19(11-14)16(21)17(3,4)5/h13-14H,7-12H2,1-6H3. The second-order valence-electron chi connectivity index (χ2n) is 7.84. The first-order valence-corrected chi connectivity index (χ1v) is 10.5. The maximum absolute atomic E-state index is 12.7. The van der Waals surface area contributed by atoms with E-state index in [2.05, 4.69) is 0 Å². The molecule has 140 valence electrons. The molecule has 2 atom stereocenters. The Morgan fingerprint density at radius 2 is 1.88 bits per heavy atom. The molecule has 7 heteroatoms. The van der Waals surface area contributed by atoms with Crippen molar-refractivity contribution in [2.24, 2.45) is 11.3 Å². The predicted octanol–water partition coefficient (Wildman–Crippen LogP) is 1.55. The fraction of sp³-hybridized carbons (Fsp3) is 0.882. The molecule has 1 saturated heterocycles. The second-order valence-corrected chi connectivity index (χ2v) is 10.2. The monoisotopic (exact) mass is 360 g/mol. The van der Waals surface area contributed by atoms with Gasteiger partial charge in [0.15, 0.2) is 9.84 Å². The molecule has 0 aromatic heterocycles. The van der Waals surface area contributed by atoms with Gasteiger partial charge in [0.25, 0.3) is 0 Å². The molecule has 2 unspecified atom stereocenters. The smallest absolute Gasteiger partial charge is 0.227 e. The first-order chi connectivity index (χ1) is 10.9. The summed E-state index contributed by atoms with van der Waals surface area (Å²) in [5, 5.41) is 0. The van der Waals surface area contributed by atoms with E-state index in [4.69, 9.17) is 0 Å². The number of carbonyl (C=O) groups excluding carboxylic acids is 2. The Hall–Kier alpha value is -1.11. The zero-order chi connectivity index (χ0) is 18.7. The molecule has 2 amide bonds. The third-order valence-corrected chi connectivity index (χ3v) is 6.51. The predicted molar refractivity (Wildman–Crippen MR) is 95.3 cm³/mol. The van der Waals surface area contributed by atoms with Crippen LogP contribution in [-0.4, -0.2) is 67.7 Å².